The highest BCUT2D eigenvalue weighted by Crippen LogP contribution is 2.47. The van der Waals surface area contributed by atoms with E-state index in [-0.39, 0.29) is 28.0 Å². The highest BCUT2D eigenvalue weighted by atomic mass is 19.1. The normalized spacial score (nSPS) is 14.9. The maximum absolute atomic E-state index is 14.3. The summed E-state index contributed by atoms with van der Waals surface area (Å²) in [5.74, 6) is -1.52. The van der Waals surface area contributed by atoms with Gasteiger partial charge in [-0.1, -0.05) is 12.1 Å². The predicted molar refractivity (Wildman–Crippen MR) is 117 cm³/mol. The average molecular weight is 442 g/mol. The largest absolute Gasteiger partial charge is 0.206 e. The van der Waals surface area contributed by atoms with E-state index in [1.54, 1.807) is 30.5 Å². The van der Waals surface area contributed by atoms with Gasteiger partial charge in [-0.05, 0) is 58.7 Å². The lowest BCUT2D eigenvalue weighted by atomic mass is 9.91. The third-order valence-electron chi connectivity index (χ3n) is 5.35. The van der Waals surface area contributed by atoms with E-state index in [2.05, 4.69) is 4.99 Å². The van der Waals surface area contributed by atoms with Crippen LogP contribution in [0.15, 0.2) is 75.8 Å². The first kappa shape index (κ1) is 21.6. The molecule has 0 unspecified atom stereocenters. The quantitative estimate of drug-likeness (QED) is 0.488. The molecule has 2 aliphatic rings. The Labute approximate surface area is 192 Å². The van der Waals surface area contributed by atoms with Gasteiger partial charge in [-0.25, -0.2) is 8.78 Å². The molecule has 2 aromatic rings. The molecule has 0 aliphatic heterocycles. The highest BCUT2D eigenvalue weighted by molar-refractivity contribution is 6.38. The molecule has 0 amide bonds. The third kappa shape index (κ3) is 3.34. The molecule has 6 nitrogen and oxygen atoms in total. The van der Waals surface area contributed by atoms with Crippen LogP contribution >= 0.6 is 0 Å². The van der Waals surface area contributed by atoms with Gasteiger partial charge in [-0.15, -0.1) is 0 Å². The monoisotopic (exact) mass is 442 g/mol. The lowest BCUT2D eigenvalue weighted by Crippen LogP contribution is -2.01. The molecule has 0 atom stereocenters. The Balaban J connectivity index is 1.93. The van der Waals surface area contributed by atoms with Crippen molar-refractivity contribution < 1.29 is 8.78 Å². The zero-order chi connectivity index (χ0) is 24.4. The summed E-state index contributed by atoms with van der Waals surface area (Å²) in [7, 11) is 0. The van der Waals surface area contributed by atoms with Gasteiger partial charge < -0.3 is 0 Å². The van der Waals surface area contributed by atoms with Crippen molar-refractivity contribution >= 4 is 16.9 Å². The summed E-state index contributed by atoms with van der Waals surface area (Å²) < 4.78 is 28.6. The van der Waals surface area contributed by atoms with E-state index >= 15 is 0 Å². The molecule has 0 spiro atoms. The first-order chi connectivity index (χ1) is 16.5. The molecule has 0 saturated carbocycles. The summed E-state index contributed by atoms with van der Waals surface area (Å²) in [5.41, 5.74) is 1.99. The molecular formula is C26H8F2N6. The molecule has 0 heterocycles. The van der Waals surface area contributed by atoms with Gasteiger partial charge in [0, 0.05) is 16.7 Å². The lowest BCUT2D eigenvalue weighted by Gasteiger charge is -2.11. The molecule has 0 N–H and O–H groups in total. The van der Waals surface area contributed by atoms with Gasteiger partial charge in [0.2, 0.25) is 6.19 Å². The van der Waals surface area contributed by atoms with Crippen LogP contribution in [0.3, 0.4) is 0 Å². The number of nitrogens with zero attached hydrogens (tertiary/aromatic N) is 6. The SMILES string of the molecule is N#CN=C1C(c2ccc(C#N)c(F)c2)=CC2=C1C=C(c1ccc(C#N)c(F)c1)C2=C(C#N)C#N. The van der Waals surface area contributed by atoms with Gasteiger partial charge in [0.1, 0.15) is 41.5 Å². The molecule has 34 heavy (non-hydrogen) atoms. The van der Waals surface area contributed by atoms with Crippen molar-refractivity contribution in [3.63, 3.8) is 0 Å². The number of allylic oxidation sites excluding steroid dienone is 8. The fraction of sp³-hybridized carbons (Fsp3) is 0. The van der Waals surface area contributed by atoms with Crippen molar-refractivity contribution in [1.82, 2.24) is 0 Å². The van der Waals surface area contributed by atoms with Crippen LogP contribution < -0.4 is 0 Å². The number of hydrogen-bond acceptors (Lipinski definition) is 6. The van der Waals surface area contributed by atoms with Gasteiger partial charge in [-0.2, -0.15) is 31.3 Å². The van der Waals surface area contributed by atoms with Gasteiger partial charge in [-0.3, -0.25) is 0 Å². The van der Waals surface area contributed by atoms with E-state index in [1.165, 1.54) is 24.3 Å². The van der Waals surface area contributed by atoms with Crippen LogP contribution in [0, 0.1) is 68.4 Å². The Morgan fingerprint density at radius 1 is 0.706 bits per heavy atom. The fourth-order valence-electron chi connectivity index (χ4n) is 3.85. The number of halogens is 2. The number of nitriles is 5. The average Bonchev–Trinajstić information content (AvgIpc) is 3.37. The molecule has 156 valence electrons. The van der Waals surface area contributed by atoms with E-state index in [0.29, 0.717) is 33.4 Å². The second kappa shape index (κ2) is 8.49. The number of hydrogen-bond donors (Lipinski definition) is 0. The molecule has 8 heteroatoms. The number of benzene rings is 2. The summed E-state index contributed by atoms with van der Waals surface area (Å²) in [4.78, 5) is 3.87. The zero-order valence-corrected chi connectivity index (χ0v) is 17.1. The molecule has 2 aliphatic carbocycles. The lowest BCUT2D eigenvalue weighted by molar-refractivity contribution is 0.623. The van der Waals surface area contributed by atoms with E-state index in [0.717, 1.165) is 12.1 Å². The first-order valence-corrected chi connectivity index (χ1v) is 9.57. The molecule has 0 radical (unpaired) electrons. The minimum Gasteiger partial charge on any atom is -0.206 e. The van der Waals surface area contributed by atoms with Crippen LogP contribution in [-0.4, -0.2) is 5.71 Å². The smallest absolute Gasteiger partial charge is 0.206 e. The van der Waals surface area contributed by atoms with Gasteiger partial charge in [0.15, 0.2) is 0 Å². The number of aliphatic imine (C=N–C) groups is 1. The molecule has 0 bridgehead atoms. The minimum atomic E-state index is -0.766. The molecule has 2 aromatic carbocycles. The Hall–Kier alpha value is -5.62. The van der Waals surface area contributed by atoms with Crippen LogP contribution in [0.2, 0.25) is 0 Å². The summed E-state index contributed by atoms with van der Waals surface area (Å²) >= 11 is 0. The standard InChI is InChI=1S/C26H8F2N6/c27-23-5-14(1-3-16(23)9-29)19-7-22-21(25(19)18(11-31)12-32)8-20(26(22)34-13-33)15-2-4-17(10-30)24(28)6-15/h1-8H. The van der Waals surface area contributed by atoms with Gasteiger partial charge >= 0.3 is 0 Å². The van der Waals surface area contributed by atoms with Crippen LogP contribution in [0.25, 0.3) is 11.1 Å². The second-order valence-electron chi connectivity index (χ2n) is 7.09. The van der Waals surface area contributed by atoms with Crippen molar-refractivity contribution in [3.8, 4) is 30.5 Å². The van der Waals surface area contributed by atoms with Crippen molar-refractivity contribution in [2.45, 2.75) is 0 Å². The minimum absolute atomic E-state index is 0.150. The van der Waals surface area contributed by atoms with E-state index in [9.17, 15) is 24.6 Å². The van der Waals surface area contributed by atoms with Crippen molar-refractivity contribution in [1.29, 1.82) is 26.3 Å². The molecule has 0 saturated heterocycles. The van der Waals surface area contributed by atoms with Gasteiger partial charge in [0.05, 0.1) is 16.8 Å². The summed E-state index contributed by atoms with van der Waals surface area (Å²) in [5, 5.41) is 46.4. The number of rotatable bonds is 2. The van der Waals surface area contributed by atoms with Crippen molar-refractivity contribution in [2.75, 3.05) is 0 Å². The first-order valence-electron chi connectivity index (χ1n) is 9.57. The van der Waals surface area contributed by atoms with Crippen LogP contribution in [0.1, 0.15) is 22.3 Å². The van der Waals surface area contributed by atoms with Crippen LogP contribution in [0.4, 0.5) is 8.78 Å². The Morgan fingerprint density at radius 3 is 1.71 bits per heavy atom. The summed E-state index contributed by atoms with van der Waals surface area (Å²) in [6.45, 7) is 0. The predicted octanol–water partition coefficient (Wildman–Crippen LogP) is 4.76. The Morgan fingerprint density at radius 2 is 1.24 bits per heavy atom. The van der Waals surface area contributed by atoms with Crippen molar-refractivity contribution in [3.05, 3.63) is 105 Å². The molecule has 4 rings (SSSR count). The van der Waals surface area contributed by atoms with Crippen LogP contribution in [-0.2, 0) is 0 Å². The summed E-state index contributed by atoms with van der Waals surface area (Å²) in [6.07, 6.45) is 4.84. The fourth-order valence-corrected chi connectivity index (χ4v) is 3.85. The zero-order valence-electron chi connectivity index (χ0n) is 17.1. The topological polar surface area (TPSA) is 131 Å². The highest BCUT2D eigenvalue weighted by Gasteiger charge is 2.34. The molecule has 0 fully saturated rings. The Bertz CT molecular complexity index is 1650. The molecular weight excluding hydrogens is 434 g/mol. The molecule has 0 aromatic heterocycles. The van der Waals surface area contributed by atoms with E-state index in [1.807, 2.05) is 12.1 Å². The second-order valence-corrected chi connectivity index (χ2v) is 7.09. The van der Waals surface area contributed by atoms with Gasteiger partial charge in [0.25, 0.3) is 0 Å². The third-order valence-corrected chi connectivity index (χ3v) is 5.35. The van der Waals surface area contributed by atoms with Crippen molar-refractivity contribution in [2.24, 2.45) is 4.99 Å². The maximum atomic E-state index is 14.3. The maximum Gasteiger partial charge on any atom is 0.206 e. The van der Waals surface area contributed by atoms with E-state index < -0.39 is 11.6 Å². The summed E-state index contributed by atoms with van der Waals surface area (Å²) in [6, 6.07) is 15.0. The van der Waals surface area contributed by atoms with E-state index in [4.69, 9.17) is 10.5 Å². The van der Waals surface area contributed by atoms with Crippen LogP contribution in [0.5, 0.6) is 0 Å². The Kier molecular flexibility index (Phi) is 5.39.